The van der Waals surface area contributed by atoms with Crippen LogP contribution in [0.3, 0.4) is 0 Å². The van der Waals surface area contributed by atoms with Crippen molar-refractivity contribution in [2.45, 2.75) is 19.1 Å². The zero-order chi connectivity index (χ0) is 16.8. The molecule has 0 saturated carbocycles. The summed E-state index contributed by atoms with van der Waals surface area (Å²) in [5.74, 6) is 1.28. The van der Waals surface area contributed by atoms with Gasteiger partial charge in [-0.3, -0.25) is 10.1 Å². The van der Waals surface area contributed by atoms with Gasteiger partial charge in [0.15, 0.2) is 12.2 Å². The Morgan fingerprint density at radius 2 is 2.00 bits per heavy atom. The van der Waals surface area contributed by atoms with Crippen LogP contribution in [0.1, 0.15) is 6.92 Å². The van der Waals surface area contributed by atoms with Crippen LogP contribution in [0.5, 0.6) is 5.75 Å². The number of nitrogens with one attached hydrogen (secondary N) is 1. The van der Waals surface area contributed by atoms with Crippen molar-refractivity contribution < 1.29 is 14.3 Å². The fourth-order valence-corrected chi connectivity index (χ4v) is 3.42. The Balaban J connectivity index is 1.62. The van der Waals surface area contributed by atoms with Crippen LogP contribution in [0.4, 0.5) is 10.5 Å². The van der Waals surface area contributed by atoms with Crippen molar-refractivity contribution >= 4 is 23.6 Å². The number of likely N-dealkylation sites (N-methyl/N-ethyl adjacent to an activating group) is 1. The molecule has 8 nitrogen and oxygen atoms in total. The van der Waals surface area contributed by atoms with E-state index in [9.17, 15) is 9.59 Å². The number of nitrogens with zero attached hydrogens (tertiary/aromatic N) is 4. The van der Waals surface area contributed by atoms with Crippen LogP contribution in [-0.2, 0) is 4.79 Å². The molecule has 3 aliphatic heterocycles. The molecule has 2 saturated heterocycles. The van der Waals surface area contributed by atoms with Crippen LogP contribution < -0.4 is 15.0 Å². The van der Waals surface area contributed by atoms with Crippen molar-refractivity contribution in [1.82, 2.24) is 15.1 Å². The number of imide groups is 1. The molecule has 2 unspecified atom stereocenters. The molecule has 2 fully saturated rings. The number of hydrogen-bond donors (Lipinski definition) is 1. The molecule has 1 N–H and O–H groups in total. The van der Waals surface area contributed by atoms with Crippen molar-refractivity contribution in [2.75, 3.05) is 31.6 Å². The number of amides is 3. The van der Waals surface area contributed by atoms with E-state index >= 15 is 0 Å². The van der Waals surface area contributed by atoms with Crippen molar-refractivity contribution in [1.29, 1.82) is 0 Å². The van der Waals surface area contributed by atoms with Gasteiger partial charge in [-0.2, -0.15) is 0 Å². The van der Waals surface area contributed by atoms with E-state index in [1.807, 2.05) is 36.1 Å². The second-order valence-corrected chi connectivity index (χ2v) is 5.96. The molecule has 24 heavy (non-hydrogen) atoms. The highest BCUT2D eigenvalue weighted by Crippen LogP contribution is 2.31. The maximum absolute atomic E-state index is 12.2. The summed E-state index contributed by atoms with van der Waals surface area (Å²) in [5.41, 5.74) is 0.993. The Morgan fingerprint density at radius 1 is 1.25 bits per heavy atom. The summed E-state index contributed by atoms with van der Waals surface area (Å²) in [7, 11) is 1.66. The number of rotatable bonds is 3. The average molecular weight is 329 g/mol. The lowest BCUT2D eigenvalue weighted by Crippen LogP contribution is -2.63. The van der Waals surface area contributed by atoms with E-state index in [0.29, 0.717) is 13.2 Å². The molecule has 0 aliphatic carbocycles. The Hall–Kier alpha value is -2.77. The lowest BCUT2D eigenvalue weighted by atomic mass is 10.1. The lowest BCUT2D eigenvalue weighted by Gasteiger charge is -2.34. The quantitative estimate of drug-likeness (QED) is 0.871. The zero-order valence-corrected chi connectivity index (χ0v) is 13.6. The molecule has 1 aromatic carbocycles. The number of anilines is 1. The summed E-state index contributed by atoms with van der Waals surface area (Å²) in [4.78, 5) is 34.2. The van der Waals surface area contributed by atoms with Gasteiger partial charge in [0.2, 0.25) is 5.96 Å². The van der Waals surface area contributed by atoms with E-state index in [-0.39, 0.29) is 5.91 Å². The summed E-state index contributed by atoms with van der Waals surface area (Å²) in [6.45, 7) is 4.02. The van der Waals surface area contributed by atoms with Gasteiger partial charge in [-0.25, -0.2) is 9.79 Å². The molecule has 0 spiro atoms. The maximum Gasteiger partial charge on any atom is 0.325 e. The number of ether oxygens (including phenoxy) is 1. The van der Waals surface area contributed by atoms with Crippen molar-refractivity contribution in [2.24, 2.45) is 4.99 Å². The molecule has 0 bridgehead atoms. The second-order valence-electron chi connectivity index (χ2n) is 5.96. The third kappa shape index (κ3) is 2.10. The predicted molar refractivity (Wildman–Crippen MR) is 88.0 cm³/mol. The third-order valence-corrected chi connectivity index (χ3v) is 4.60. The minimum absolute atomic E-state index is 0.282. The SMILES string of the molecule is CCOc1ccc(N2CCN3C2=NC2C3C(=O)NC(=O)N2C)cc1. The van der Waals surface area contributed by atoms with Crippen LogP contribution in [0.25, 0.3) is 0 Å². The molecule has 3 heterocycles. The lowest BCUT2D eigenvalue weighted by molar-refractivity contribution is -0.126. The Kier molecular flexibility index (Phi) is 3.33. The molecule has 8 heteroatoms. The minimum Gasteiger partial charge on any atom is -0.494 e. The van der Waals surface area contributed by atoms with E-state index in [1.54, 1.807) is 7.05 Å². The van der Waals surface area contributed by atoms with Crippen LogP contribution in [0.2, 0.25) is 0 Å². The largest absolute Gasteiger partial charge is 0.494 e. The number of fused-ring (bicyclic) bond motifs is 3. The fourth-order valence-electron chi connectivity index (χ4n) is 3.42. The second kappa shape index (κ2) is 5.40. The van der Waals surface area contributed by atoms with Crippen molar-refractivity contribution in [3.63, 3.8) is 0 Å². The van der Waals surface area contributed by atoms with E-state index in [1.165, 1.54) is 4.90 Å². The van der Waals surface area contributed by atoms with Gasteiger partial charge >= 0.3 is 6.03 Å². The van der Waals surface area contributed by atoms with Crippen molar-refractivity contribution in [3.8, 4) is 5.75 Å². The molecule has 1 aromatic rings. The van der Waals surface area contributed by atoms with Crippen molar-refractivity contribution in [3.05, 3.63) is 24.3 Å². The van der Waals surface area contributed by atoms with Gasteiger partial charge in [0.1, 0.15) is 5.75 Å². The van der Waals surface area contributed by atoms with Crippen LogP contribution in [0.15, 0.2) is 29.3 Å². The maximum atomic E-state index is 12.2. The van der Waals surface area contributed by atoms with Crippen LogP contribution in [-0.4, -0.2) is 66.6 Å². The topological polar surface area (TPSA) is 77.5 Å². The number of hydrogen-bond acceptors (Lipinski definition) is 6. The standard InChI is InChI=1S/C16H19N5O3/c1-3-24-11-6-4-10(5-7-11)20-8-9-21-12-13(17-15(20)21)19(2)16(23)18-14(12)22/h4-7,12-13H,3,8-9H2,1-2H3,(H,18,22,23). The summed E-state index contributed by atoms with van der Waals surface area (Å²) >= 11 is 0. The molecular formula is C16H19N5O3. The van der Waals surface area contributed by atoms with Gasteiger partial charge in [0.05, 0.1) is 6.61 Å². The highest BCUT2D eigenvalue weighted by Gasteiger charge is 2.51. The van der Waals surface area contributed by atoms with Gasteiger partial charge < -0.3 is 19.4 Å². The van der Waals surface area contributed by atoms with E-state index in [0.717, 1.165) is 23.9 Å². The number of carbonyl (C=O) groups excluding carboxylic acids is 2. The fraction of sp³-hybridized carbons (Fsp3) is 0.438. The van der Waals surface area contributed by atoms with Gasteiger partial charge in [-0.05, 0) is 31.2 Å². The smallest absolute Gasteiger partial charge is 0.325 e. The number of carbonyl (C=O) groups is 2. The van der Waals surface area contributed by atoms with Gasteiger partial charge in [0, 0.05) is 25.8 Å². The molecule has 4 rings (SSSR count). The molecule has 126 valence electrons. The number of guanidine groups is 1. The first-order valence-corrected chi connectivity index (χ1v) is 8.02. The number of benzene rings is 1. The number of aliphatic imine (C=N–C) groups is 1. The first kappa shape index (κ1) is 14.8. The first-order chi connectivity index (χ1) is 11.6. The average Bonchev–Trinajstić information content (AvgIpc) is 3.13. The molecule has 0 radical (unpaired) electrons. The highest BCUT2D eigenvalue weighted by molar-refractivity contribution is 6.07. The minimum atomic E-state index is -0.466. The molecular weight excluding hydrogens is 310 g/mol. The molecule has 3 aliphatic rings. The monoisotopic (exact) mass is 329 g/mol. The summed E-state index contributed by atoms with van der Waals surface area (Å²) in [5, 5.41) is 2.39. The highest BCUT2D eigenvalue weighted by atomic mass is 16.5. The normalized spacial score (nSPS) is 25.4. The number of urea groups is 1. The predicted octanol–water partition coefficient (Wildman–Crippen LogP) is 0.453. The third-order valence-electron chi connectivity index (χ3n) is 4.60. The molecule has 2 atom stereocenters. The van der Waals surface area contributed by atoms with E-state index in [2.05, 4.69) is 15.2 Å². The van der Waals surface area contributed by atoms with Crippen LogP contribution >= 0.6 is 0 Å². The first-order valence-electron chi connectivity index (χ1n) is 8.02. The molecule has 0 aromatic heterocycles. The Labute approximate surface area is 139 Å². The summed E-state index contributed by atoms with van der Waals surface area (Å²) in [6, 6.07) is 6.95. The summed E-state index contributed by atoms with van der Waals surface area (Å²) in [6.07, 6.45) is -0.466. The Bertz CT molecular complexity index is 717. The van der Waals surface area contributed by atoms with Gasteiger partial charge in [-0.15, -0.1) is 0 Å². The van der Waals surface area contributed by atoms with Gasteiger partial charge in [-0.1, -0.05) is 0 Å². The molecule has 3 amide bonds. The Morgan fingerprint density at radius 3 is 2.71 bits per heavy atom. The summed E-state index contributed by atoms with van der Waals surface area (Å²) < 4.78 is 5.47. The van der Waals surface area contributed by atoms with E-state index < -0.39 is 18.2 Å². The van der Waals surface area contributed by atoms with Gasteiger partial charge in [0.25, 0.3) is 5.91 Å². The zero-order valence-electron chi connectivity index (χ0n) is 13.6. The van der Waals surface area contributed by atoms with E-state index in [4.69, 9.17) is 4.74 Å². The van der Waals surface area contributed by atoms with Crippen LogP contribution in [0, 0.1) is 0 Å².